The van der Waals surface area contributed by atoms with Gasteiger partial charge in [-0.25, -0.2) is 0 Å². The fraction of sp³-hybridized carbons (Fsp3) is 0.455. The lowest BCUT2D eigenvalue weighted by Crippen LogP contribution is -2.17. The second kappa shape index (κ2) is 3.29. The molecule has 2 N–H and O–H groups in total. The van der Waals surface area contributed by atoms with Crippen LogP contribution in [0.2, 0.25) is 0 Å². The Labute approximate surface area is 79.4 Å². The van der Waals surface area contributed by atoms with Gasteiger partial charge >= 0.3 is 0 Å². The minimum atomic E-state index is 0.907. The van der Waals surface area contributed by atoms with Crippen molar-refractivity contribution < 1.29 is 0 Å². The van der Waals surface area contributed by atoms with Gasteiger partial charge in [0.05, 0.1) is 0 Å². The molecule has 70 valence electrons. The third-order valence-electron chi connectivity index (χ3n) is 2.73. The molecular weight excluding hydrogens is 160 g/mol. The Morgan fingerprint density at radius 2 is 1.92 bits per heavy atom. The summed E-state index contributed by atoms with van der Waals surface area (Å²) in [5, 5.41) is 0. The maximum absolute atomic E-state index is 5.86. The summed E-state index contributed by atoms with van der Waals surface area (Å²) in [4.78, 5) is 2.40. The molecule has 2 heteroatoms. The molecule has 13 heavy (non-hydrogen) atoms. The van der Waals surface area contributed by atoms with Crippen molar-refractivity contribution in [3.8, 4) is 0 Å². The molecule has 0 amide bonds. The van der Waals surface area contributed by atoms with E-state index in [1.807, 2.05) is 6.92 Å². The SMILES string of the molecule is Cc1ccc(N2CCCC2)cc1N. The Balaban J connectivity index is 2.25. The monoisotopic (exact) mass is 176 g/mol. The highest BCUT2D eigenvalue weighted by molar-refractivity contribution is 5.60. The van der Waals surface area contributed by atoms with Gasteiger partial charge in [0.25, 0.3) is 0 Å². The van der Waals surface area contributed by atoms with Crippen LogP contribution in [0.15, 0.2) is 18.2 Å². The van der Waals surface area contributed by atoms with E-state index in [9.17, 15) is 0 Å². The second-order valence-electron chi connectivity index (χ2n) is 3.74. The van der Waals surface area contributed by atoms with Crippen LogP contribution in [0.4, 0.5) is 11.4 Å². The lowest BCUT2D eigenvalue weighted by atomic mass is 10.2. The van der Waals surface area contributed by atoms with Crippen molar-refractivity contribution in [2.45, 2.75) is 19.8 Å². The van der Waals surface area contributed by atoms with Gasteiger partial charge in [-0.1, -0.05) is 6.07 Å². The van der Waals surface area contributed by atoms with E-state index in [1.165, 1.54) is 37.2 Å². The number of aryl methyl sites for hydroxylation is 1. The molecule has 1 fully saturated rings. The predicted octanol–water partition coefficient (Wildman–Crippen LogP) is 2.18. The number of hydrogen-bond donors (Lipinski definition) is 1. The summed E-state index contributed by atoms with van der Waals surface area (Å²) in [7, 11) is 0. The standard InChI is InChI=1S/C11H16N2/c1-9-4-5-10(8-11(9)12)13-6-2-3-7-13/h4-5,8H,2-3,6-7,12H2,1H3. The molecule has 1 aromatic rings. The van der Waals surface area contributed by atoms with Crippen LogP contribution in [0.3, 0.4) is 0 Å². The largest absolute Gasteiger partial charge is 0.398 e. The molecule has 1 saturated heterocycles. The first-order chi connectivity index (χ1) is 6.27. The molecule has 0 atom stereocenters. The summed E-state index contributed by atoms with van der Waals surface area (Å²) in [5.74, 6) is 0. The molecule has 0 radical (unpaired) electrons. The first-order valence-corrected chi connectivity index (χ1v) is 4.88. The summed E-state index contributed by atoms with van der Waals surface area (Å²) >= 11 is 0. The minimum absolute atomic E-state index is 0.907. The Morgan fingerprint density at radius 3 is 2.54 bits per heavy atom. The topological polar surface area (TPSA) is 29.3 Å². The summed E-state index contributed by atoms with van der Waals surface area (Å²) in [6.45, 7) is 4.41. The van der Waals surface area contributed by atoms with Crippen LogP contribution in [0.5, 0.6) is 0 Å². The molecule has 0 aliphatic carbocycles. The van der Waals surface area contributed by atoms with E-state index in [0.717, 1.165) is 5.69 Å². The molecule has 1 aliphatic heterocycles. The highest BCUT2D eigenvalue weighted by atomic mass is 15.1. The van der Waals surface area contributed by atoms with Crippen LogP contribution in [0, 0.1) is 6.92 Å². The van der Waals surface area contributed by atoms with Crippen LogP contribution in [-0.4, -0.2) is 13.1 Å². The van der Waals surface area contributed by atoms with Crippen molar-refractivity contribution in [3.63, 3.8) is 0 Å². The van der Waals surface area contributed by atoms with Crippen molar-refractivity contribution >= 4 is 11.4 Å². The fourth-order valence-corrected chi connectivity index (χ4v) is 1.80. The molecule has 0 bridgehead atoms. The lowest BCUT2D eigenvalue weighted by Gasteiger charge is -2.18. The van der Waals surface area contributed by atoms with Crippen molar-refractivity contribution in [2.75, 3.05) is 23.7 Å². The number of nitrogens with two attached hydrogens (primary N) is 1. The second-order valence-corrected chi connectivity index (χ2v) is 3.74. The van der Waals surface area contributed by atoms with E-state index < -0.39 is 0 Å². The van der Waals surface area contributed by atoms with E-state index in [2.05, 4.69) is 23.1 Å². The molecular formula is C11H16N2. The Bertz CT molecular complexity index is 301. The highest BCUT2D eigenvalue weighted by Gasteiger charge is 2.12. The van der Waals surface area contributed by atoms with Crippen molar-refractivity contribution in [1.82, 2.24) is 0 Å². The minimum Gasteiger partial charge on any atom is -0.398 e. The molecule has 0 unspecified atom stereocenters. The Morgan fingerprint density at radius 1 is 1.23 bits per heavy atom. The summed E-state index contributed by atoms with van der Waals surface area (Å²) in [6, 6.07) is 6.35. The smallest absolute Gasteiger partial charge is 0.0387 e. The zero-order chi connectivity index (χ0) is 9.26. The third-order valence-corrected chi connectivity index (χ3v) is 2.73. The number of nitrogens with zero attached hydrogens (tertiary/aromatic N) is 1. The average Bonchev–Trinajstić information content (AvgIpc) is 2.62. The van der Waals surface area contributed by atoms with Crippen LogP contribution in [-0.2, 0) is 0 Å². The van der Waals surface area contributed by atoms with Gasteiger partial charge < -0.3 is 10.6 Å². The average molecular weight is 176 g/mol. The maximum atomic E-state index is 5.86. The number of anilines is 2. The van der Waals surface area contributed by atoms with Crippen molar-refractivity contribution in [2.24, 2.45) is 0 Å². The zero-order valence-electron chi connectivity index (χ0n) is 8.09. The molecule has 0 spiro atoms. The summed E-state index contributed by atoms with van der Waals surface area (Å²) < 4.78 is 0. The molecule has 1 aromatic carbocycles. The first kappa shape index (κ1) is 8.42. The van der Waals surface area contributed by atoms with Gasteiger partial charge in [-0.05, 0) is 37.5 Å². The molecule has 2 rings (SSSR count). The van der Waals surface area contributed by atoms with Crippen molar-refractivity contribution in [1.29, 1.82) is 0 Å². The molecule has 0 saturated carbocycles. The van der Waals surface area contributed by atoms with Gasteiger partial charge in [-0.15, -0.1) is 0 Å². The number of benzene rings is 1. The Kier molecular flexibility index (Phi) is 2.13. The summed E-state index contributed by atoms with van der Waals surface area (Å²) in [5.41, 5.74) is 9.22. The molecule has 1 aliphatic rings. The lowest BCUT2D eigenvalue weighted by molar-refractivity contribution is 0.949. The van der Waals surface area contributed by atoms with E-state index in [4.69, 9.17) is 5.73 Å². The third kappa shape index (κ3) is 1.62. The van der Waals surface area contributed by atoms with E-state index >= 15 is 0 Å². The maximum Gasteiger partial charge on any atom is 0.0387 e. The van der Waals surface area contributed by atoms with E-state index in [0.29, 0.717) is 0 Å². The fourth-order valence-electron chi connectivity index (χ4n) is 1.80. The predicted molar refractivity (Wildman–Crippen MR) is 57.0 cm³/mol. The van der Waals surface area contributed by atoms with Crippen LogP contribution < -0.4 is 10.6 Å². The quantitative estimate of drug-likeness (QED) is 0.664. The zero-order valence-corrected chi connectivity index (χ0v) is 8.09. The highest BCUT2D eigenvalue weighted by Crippen LogP contribution is 2.23. The Hall–Kier alpha value is -1.18. The number of rotatable bonds is 1. The van der Waals surface area contributed by atoms with E-state index in [1.54, 1.807) is 0 Å². The van der Waals surface area contributed by atoms with Gasteiger partial charge in [0.2, 0.25) is 0 Å². The van der Waals surface area contributed by atoms with Crippen molar-refractivity contribution in [3.05, 3.63) is 23.8 Å². The van der Waals surface area contributed by atoms with Gasteiger partial charge in [0.15, 0.2) is 0 Å². The molecule has 0 aromatic heterocycles. The van der Waals surface area contributed by atoms with Crippen LogP contribution in [0.1, 0.15) is 18.4 Å². The van der Waals surface area contributed by atoms with Crippen LogP contribution >= 0.6 is 0 Å². The van der Waals surface area contributed by atoms with Crippen LogP contribution in [0.25, 0.3) is 0 Å². The number of hydrogen-bond acceptors (Lipinski definition) is 2. The van der Waals surface area contributed by atoms with Gasteiger partial charge in [-0.2, -0.15) is 0 Å². The summed E-state index contributed by atoms with van der Waals surface area (Å²) in [6.07, 6.45) is 2.63. The molecule has 1 heterocycles. The van der Waals surface area contributed by atoms with Gasteiger partial charge in [-0.3, -0.25) is 0 Å². The van der Waals surface area contributed by atoms with Gasteiger partial charge in [0, 0.05) is 24.5 Å². The molecule has 2 nitrogen and oxygen atoms in total. The first-order valence-electron chi connectivity index (χ1n) is 4.88. The van der Waals surface area contributed by atoms with E-state index in [-0.39, 0.29) is 0 Å². The number of nitrogen functional groups attached to an aromatic ring is 1. The van der Waals surface area contributed by atoms with Gasteiger partial charge in [0.1, 0.15) is 0 Å². The normalized spacial score (nSPS) is 16.5.